The molecule has 1 aromatic carbocycles. The van der Waals surface area contributed by atoms with E-state index in [0.717, 1.165) is 43.9 Å². The molecule has 94 valence electrons. The van der Waals surface area contributed by atoms with Crippen molar-refractivity contribution in [3.63, 3.8) is 0 Å². The lowest BCUT2D eigenvalue weighted by Gasteiger charge is -2.23. The average Bonchev–Trinajstić information content (AvgIpc) is 2.54. The van der Waals surface area contributed by atoms with Crippen LogP contribution in [0, 0.1) is 5.82 Å². The van der Waals surface area contributed by atoms with Gasteiger partial charge >= 0.3 is 0 Å². The van der Waals surface area contributed by atoms with Gasteiger partial charge < -0.3 is 9.80 Å². The Morgan fingerprint density at radius 3 is 2.76 bits per heavy atom. The number of likely N-dealkylation sites (N-methyl/N-ethyl adjacent to an activating group) is 1. The Hall–Kier alpha value is -0.610. The lowest BCUT2D eigenvalue weighted by molar-refractivity contribution is 0.360. The fourth-order valence-electron chi connectivity index (χ4n) is 2.18. The summed E-state index contributed by atoms with van der Waals surface area (Å²) in [6.07, 6.45) is 1.09. The van der Waals surface area contributed by atoms with Crippen LogP contribution in [0.5, 0.6) is 0 Å². The van der Waals surface area contributed by atoms with Crippen LogP contribution in [0.15, 0.2) is 18.2 Å². The van der Waals surface area contributed by atoms with Crippen molar-refractivity contribution in [2.45, 2.75) is 11.8 Å². The first kappa shape index (κ1) is 12.8. The van der Waals surface area contributed by atoms with Crippen molar-refractivity contribution in [1.82, 2.24) is 4.90 Å². The number of halogens is 2. The molecule has 1 aliphatic heterocycles. The molecular formula is C13H18BrFN2. The van der Waals surface area contributed by atoms with Gasteiger partial charge in [-0.3, -0.25) is 0 Å². The molecule has 0 atom stereocenters. The van der Waals surface area contributed by atoms with E-state index in [9.17, 15) is 4.39 Å². The fraction of sp³-hybridized carbons (Fsp3) is 0.538. The summed E-state index contributed by atoms with van der Waals surface area (Å²) in [4.78, 5) is 4.45. The molecule has 17 heavy (non-hydrogen) atoms. The zero-order valence-electron chi connectivity index (χ0n) is 10.1. The van der Waals surface area contributed by atoms with E-state index >= 15 is 0 Å². The minimum absolute atomic E-state index is 0.105. The minimum atomic E-state index is -0.105. The Kier molecular flexibility index (Phi) is 4.40. The zero-order chi connectivity index (χ0) is 12.3. The maximum Gasteiger partial charge on any atom is 0.146 e. The Labute approximate surface area is 111 Å². The highest BCUT2D eigenvalue weighted by Gasteiger charge is 2.15. The monoisotopic (exact) mass is 300 g/mol. The van der Waals surface area contributed by atoms with Gasteiger partial charge in [0.2, 0.25) is 0 Å². The molecule has 0 aromatic heterocycles. The summed E-state index contributed by atoms with van der Waals surface area (Å²) in [6, 6.07) is 5.51. The predicted octanol–water partition coefficient (Wildman–Crippen LogP) is 2.86. The lowest BCUT2D eigenvalue weighted by Crippen LogP contribution is -2.29. The van der Waals surface area contributed by atoms with E-state index in [1.54, 1.807) is 6.07 Å². The van der Waals surface area contributed by atoms with Gasteiger partial charge in [0.15, 0.2) is 0 Å². The third-order valence-corrected chi connectivity index (χ3v) is 3.87. The number of alkyl halides is 1. The summed E-state index contributed by atoms with van der Waals surface area (Å²) < 4.78 is 14.0. The Balaban J connectivity index is 2.15. The number of nitrogens with zero attached hydrogens (tertiary/aromatic N) is 2. The number of hydrogen-bond acceptors (Lipinski definition) is 2. The lowest BCUT2D eigenvalue weighted by atomic mass is 10.2. The standard InChI is InChI=1S/C13H18BrFN2/c1-16-5-2-6-17(8-7-16)13-4-3-11(10-14)9-12(13)15/h3-4,9H,2,5-8,10H2,1H3. The van der Waals surface area contributed by atoms with Crippen molar-refractivity contribution in [2.75, 3.05) is 38.1 Å². The van der Waals surface area contributed by atoms with Crippen LogP contribution in [0.2, 0.25) is 0 Å². The van der Waals surface area contributed by atoms with Crippen molar-refractivity contribution in [3.8, 4) is 0 Å². The Morgan fingerprint density at radius 1 is 1.24 bits per heavy atom. The van der Waals surface area contributed by atoms with Crippen molar-refractivity contribution < 1.29 is 4.39 Å². The second-order valence-corrected chi connectivity index (χ2v) is 5.12. The van der Waals surface area contributed by atoms with E-state index in [1.807, 2.05) is 12.1 Å². The van der Waals surface area contributed by atoms with Gasteiger partial charge in [-0.2, -0.15) is 0 Å². The van der Waals surface area contributed by atoms with Gasteiger partial charge in [0.25, 0.3) is 0 Å². The fourth-order valence-corrected chi connectivity index (χ4v) is 2.53. The van der Waals surface area contributed by atoms with Crippen LogP contribution in [0.3, 0.4) is 0 Å². The SMILES string of the molecule is CN1CCCN(c2ccc(CBr)cc2F)CC1. The molecule has 0 bridgehead atoms. The van der Waals surface area contributed by atoms with Crippen LogP contribution in [-0.2, 0) is 5.33 Å². The van der Waals surface area contributed by atoms with E-state index in [4.69, 9.17) is 0 Å². The first-order valence-corrected chi connectivity index (χ1v) is 7.11. The van der Waals surface area contributed by atoms with E-state index in [-0.39, 0.29) is 5.82 Å². The minimum Gasteiger partial charge on any atom is -0.368 e. The zero-order valence-corrected chi connectivity index (χ0v) is 11.7. The van der Waals surface area contributed by atoms with Gasteiger partial charge in [-0.1, -0.05) is 22.0 Å². The molecule has 0 amide bonds. The predicted molar refractivity (Wildman–Crippen MR) is 73.4 cm³/mol. The summed E-state index contributed by atoms with van der Waals surface area (Å²) in [5.74, 6) is -0.105. The van der Waals surface area contributed by atoms with Crippen molar-refractivity contribution in [2.24, 2.45) is 0 Å². The molecule has 0 unspecified atom stereocenters. The maximum absolute atomic E-state index is 14.0. The van der Waals surface area contributed by atoms with Gasteiger partial charge in [0.05, 0.1) is 5.69 Å². The van der Waals surface area contributed by atoms with Crippen LogP contribution in [0.4, 0.5) is 10.1 Å². The van der Waals surface area contributed by atoms with E-state index in [2.05, 4.69) is 32.8 Å². The van der Waals surface area contributed by atoms with E-state index in [0.29, 0.717) is 5.33 Å². The van der Waals surface area contributed by atoms with Crippen LogP contribution >= 0.6 is 15.9 Å². The van der Waals surface area contributed by atoms with Crippen LogP contribution in [0.1, 0.15) is 12.0 Å². The Bertz CT molecular complexity index is 384. The van der Waals surface area contributed by atoms with Crippen LogP contribution < -0.4 is 4.90 Å². The highest BCUT2D eigenvalue weighted by molar-refractivity contribution is 9.08. The molecule has 0 radical (unpaired) electrons. The smallest absolute Gasteiger partial charge is 0.146 e. The highest BCUT2D eigenvalue weighted by Crippen LogP contribution is 2.22. The second-order valence-electron chi connectivity index (χ2n) is 4.56. The summed E-state index contributed by atoms with van der Waals surface area (Å²) in [5, 5.41) is 0.701. The molecule has 2 nitrogen and oxygen atoms in total. The third-order valence-electron chi connectivity index (χ3n) is 3.23. The van der Waals surface area contributed by atoms with Crippen molar-refractivity contribution in [3.05, 3.63) is 29.6 Å². The molecule has 1 heterocycles. The summed E-state index contributed by atoms with van der Waals surface area (Å²) in [7, 11) is 2.12. The van der Waals surface area contributed by atoms with Gasteiger partial charge in [-0.25, -0.2) is 4.39 Å². The highest BCUT2D eigenvalue weighted by atomic mass is 79.9. The summed E-state index contributed by atoms with van der Waals surface area (Å²) in [6.45, 7) is 3.94. The van der Waals surface area contributed by atoms with Gasteiger partial charge in [0.1, 0.15) is 5.82 Å². The summed E-state index contributed by atoms with van der Waals surface area (Å²) >= 11 is 3.35. The first-order chi connectivity index (χ1) is 8.20. The molecule has 0 spiro atoms. The van der Waals surface area contributed by atoms with E-state index < -0.39 is 0 Å². The normalized spacial score (nSPS) is 18.2. The molecule has 1 aromatic rings. The van der Waals surface area contributed by atoms with Crippen molar-refractivity contribution >= 4 is 21.6 Å². The van der Waals surface area contributed by atoms with Crippen molar-refractivity contribution in [1.29, 1.82) is 0 Å². The molecule has 4 heteroatoms. The van der Waals surface area contributed by atoms with Gasteiger partial charge in [-0.05, 0) is 37.7 Å². The quantitative estimate of drug-likeness (QED) is 0.775. The Morgan fingerprint density at radius 2 is 2.06 bits per heavy atom. The second kappa shape index (κ2) is 5.83. The number of anilines is 1. The first-order valence-electron chi connectivity index (χ1n) is 5.98. The molecule has 2 rings (SSSR count). The topological polar surface area (TPSA) is 6.48 Å². The molecule has 1 fully saturated rings. The molecule has 1 saturated heterocycles. The number of rotatable bonds is 2. The molecule has 0 aliphatic carbocycles. The maximum atomic E-state index is 14.0. The molecule has 1 aliphatic rings. The van der Waals surface area contributed by atoms with Crippen LogP contribution in [-0.4, -0.2) is 38.1 Å². The third kappa shape index (κ3) is 3.19. The van der Waals surface area contributed by atoms with Gasteiger partial charge in [0, 0.05) is 25.0 Å². The summed E-state index contributed by atoms with van der Waals surface area (Å²) in [5.41, 5.74) is 1.73. The van der Waals surface area contributed by atoms with Gasteiger partial charge in [-0.15, -0.1) is 0 Å². The number of hydrogen-bond donors (Lipinski definition) is 0. The molecular weight excluding hydrogens is 283 g/mol. The number of benzene rings is 1. The average molecular weight is 301 g/mol. The largest absolute Gasteiger partial charge is 0.368 e. The molecule has 0 saturated carbocycles. The van der Waals surface area contributed by atoms with Crippen LogP contribution in [0.25, 0.3) is 0 Å². The van der Waals surface area contributed by atoms with E-state index in [1.165, 1.54) is 0 Å². The molecule has 0 N–H and O–H groups in total.